The number of hydrogen-bond donors (Lipinski definition) is 2. The first-order chi connectivity index (χ1) is 14.8. The molecular weight excluding hydrogens is 416 g/mol. The Kier molecular flexibility index (Phi) is 7.28. The first-order valence-corrected chi connectivity index (χ1v) is 11.5. The quantitative estimate of drug-likeness (QED) is 0.522. The van der Waals surface area contributed by atoms with Crippen molar-refractivity contribution >= 4 is 21.6 Å². The van der Waals surface area contributed by atoms with Crippen LogP contribution in [0.15, 0.2) is 78.9 Å². The van der Waals surface area contributed by atoms with E-state index in [0.717, 1.165) is 6.26 Å². The van der Waals surface area contributed by atoms with Gasteiger partial charge in [0.1, 0.15) is 11.5 Å². The summed E-state index contributed by atoms with van der Waals surface area (Å²) in [4.78, 5) is 12.8. The predicted octanol–water partition coefficient (Wildman–Crippen LogP) is 4.11. The van der Waals surface area contributed by atoms with Crippen LogP contribution in [0.25, 0.3) is 0 Å². The van der Waals surface area contributed by atoms with E-state index >= 15 is 0 Å². The Balaban J connectivity index is 1.76. The van der Waals surface area contributed by atoms with Crippen LogP contribution in [0.4, 0.5) is 5.69 Å². The normalized spacial score (nSPS) is 12.1. The van der Waals surface area contributed by atoms with Crippen molar-refractivity contribution in [2.75, 3.05) is 18.7 Å². The van der Waals surface area contributed by atoms with E-state index in [1.165, 1.54) is 0 Å². The highest BCUT2D eigenvalue weighted by Crippen LogP contribution is 2.30. The van der Waals surface area contributed by atoms with Crippen LogP contribution in [0.3, 0.4) is 0 Å². The van der Waals surface area contributed by atoms with Gasteiger partial charge in [-0.2, -0.15) is 0 Å². The number of carbonyl (C=O) groups is 1. The Bertz CT molecular complexity index is 1120. The van der Waals surface area contributed by atoms with Gasteiger partial charge in [-0.1, -0.05) is 42.5 Å². The van der Waals surface area contributed by atoms with Gasteiger partial charge in [0.25, 0.3) is 0 Å². The lowest BCUT2D eigenvalue weighted by Gasteiger charge is -2.19. The lowest BCUT2D eigenvalue weighted by molar-refractivity contribution is -0.116. The third kappa shape index (κ3) is 6.84. The molecule has 0 saturated carbocycles. The largest absolute Gasteiger partial charge is 0.497 e. The second kappa shape index (κ2) is 10.1. The zero-order valence-electron chi connectivity index (χ0n) is 17.2. The Morgan fingerprint density at radius 2 is 1.55 bits per heavy atom. The maximum Gasteiger partial charge on any atom is 0.226 e. The van der Waals surface area contributed by atoms with E-state index in [1.807, 2.05) is 30.3 Å². The first-order valence-electron chi connectivity index (χ1n) is 9.57. The number of anilines is 1. The summed E-state index contributed by atoms with van der Waals surface area (Å²) in [7, 11) is -2.00. The maximum atomic E-state index is 12.8. The number of ether oxygens (including phenoxy) is 2. The second-order valence-corrected chi connectivity index (χ2v) is 8.66. The van der Waals surface area contributed by atoms with Crippen molar-refractivity contribution in [3.8, 4) is 17.2 Å². The molecular formula is C23H24N2O5S. The van der Waals surface area contributed by atoms with E-state index in [1.54, 1.807) is 55.6 Å². The third-order valence-electron chi connectivity index (χ3n) is 4.40. The average Bonchev–Trinajstić information content (AvgIpc) is 2.74. The molecule has 31 heavy (non-hydrogen) atoms. The fourth-order valence-electron chi connectivity index (χ4n) is 2.98. The summed E-state index contributed by atoms with van der Waals surface area (Å²) in [6.45, 7) is 0. The topological polar surface area (TPSA) is 93.7 Å². The Hall–Kier alpha value is -3.36. The van der Waals surface area contributed by atoms with Crippen LogP contribution in [-0.4, -0.2) is 27.7 Å². The van der Waals surface area contributed by atoms with Gasteiger partial charge in [-0.25, -0.2) is 13.1 Å². The number of methoxy groups -OCH3 is 1. The highest BCUT2D eigenvalue weighted by molar-refractivity contribution is 7.88. The third-order valence-corrected chi connectivity index (χ3v) is 5.11. The van der Waals surface area contributed by atoms with E-state index in [-0.39, 0.29) is 12.3 Å². The lowest BCUT2D eigenvalue weighted by atomic mass is 10.0. The number of amides is 1. The summed E-state index contributed by atoms with van der Waals surface area (Å²) in [5.41, 5.74) is 1.14. The number of hydrogen-bond acceptors (Lipinski definition) is 5. The van der Waals surface area contributed by atoms with Crippen molar-refractivity contribution in [3.63, 3.8) is 0 Å². The molecule has 0 radical (unpaired) electrons. The molecule has 1 amide bonds. The van der Waals surface area contributed by atoms with Crippen molar-refractivity contribution < 1.29 is 22.7 Å². The fourth-order valence-corrected chi connectivity index (χ4v) is 3.72. The number of nitrogens with one attached hydrogen (secondary N) is 2. The van der Waals surface area contributed by atoms with E-state index in [9.17, 15) is 13.2 Å². The number of benzene rings is 3. The molecule has 3 rings (SSSR count). The molecule has 7 nitrogen and oxygen atoms in total. The van der Waals surface area contributed by atoms with Crippen LogP contribution in [0.5, 0.6) is 17.2 Å². The van der Waals surface area contributed by atoms with Crippen molar-refractivity contribution in [3.05, 3.63) is 84.4 Å². The minimum Gasteiger partial charge on any atom is -0.497 e. The van der Waals surface area contributed by atoms with Gasteiger partial charge >= 0.3 is 0 Å². The van der Waals surface area contributed by atoms with Crippen LogP contribution in [0, 0.1) is 0 Å². The average molecular weight is 441 g/mol. The van der Waals surface area contributed by atoms with Crippen LogP contribution in [0.1, 0.15) is 18.0 Å². The molecule has 3 aromatic carbocycles. The van der Waals surface area contributed by atoms with Gasteiger partial charge in [-0.3, -0.25) is 4.79 Å². The molecule has 0 bridgehead atoms. The molecule has 0 fully saturated rings. The highest BCUT2D eigenvalue weighted by atomic mass is 32.2. The van der Waals surface area contributed by atoms with E-state index < -0.39 is 16.1 Å². The van der Waals surface area contributed by atoms with E-state index in [2.05, 4.69) is 10.0 Å². The fraction of sp³-hybridized carbons (Fsp3) is 0.174. The van der Waals surface area contributed by atoms with Gasteiger partial charge in [-0.15, -0.1) is 0 Å². The number of rotatable bonds is 9. The van der Waals surface area contributed by atoms with Crippen LogP contribution in [0.2, 0.25) is 0 Å². The first kappa shape index (κ1) is 22.3. The van der Waals surface area contributed by atoms with Crippen molar-refractivity contribution in [2.45, 2.75) is 12.5 Å². The minimum absolute atomic E-state index is 0.0981. The maximum absolute atomic E-state index is 12.8. The van der Waals surface area contributed by atoms with Gasteiger partial charge in [0.2, 0.25) is 15.9 Å². The summed E-state index contributed by atoms with van der Waals surface area (Å²) < 4.78 is 37.2. The summed E-state index contributed by atoms with van der Waals surface area (Å²) in [5.74, 6) is 1.40. The molecule has 0 heterocycles. The minimum atomic E-state index is -3.54. The molecule has 0 aliphatic carbocycles. The SMILES string of the molecule is COc1ccc([C@H](CC(=O)Nc2ccccc2Oc2ccccc2)NS(C)(=O)=O)cc1. The standard InChI is InChI=1S/C23H24N2O5S/c1-29-18-14-12-17(13-15-18)21(25-31(2,27)28)16-23(26)24-20-10-6-7-11-22(20)30-19-8-4-3-5-9-19/h3-15,21,25H,16H2,1-2H3,(H,24,26)/t21-/m0/s1. The van der Waals surface area contributed by atoms with E-state index in [4.69, 9.17) is 9.47 Å². The molecule has 0 aliphatic heterocycles. The van der Waals surface area contributed by atoms with Gasteiger partial charge in [0.15, 0.2) is 5.75 Å². The van der Waals surface area contributed by atoms with Gasteiger partial charge in [0.05, 0.1) is 25.1 Å². The lowest BCUT2D eigenvalue weighted by Crippen LogP contribution is -2.30. The number of carbonyl (C=O) groups excluding carboxylic acids is 1. The number of sulfonamides is 1. The molecule has 0 unspecified atom stereocenters. The van der Waals surface area contributed by atoms with Crippen LogP contribution in [-0.2, 0) is 14.8 Å². The summed E-state index contributed by atoms with van der Waals surface area (Å²) in [5, 5.41) is 2.82. The molecule has 8 heteroatoms. The van der Waals surface area contributed by atoms with E-state index in [0.29, 0.717) is 28.5 Å². The summed E-state index contributed by atoms with van der Waals surface area (Å²) in [6.07, 6.45) is 0.962. The van der Waals surface area contributed by atoms with Crippen LogP contribution >= 0.6 is 0 Å². The Morgan fingerprint density at radius 1 is 0.903 bits per heavy atom. The molecule has 162 valence electrons. The molecule has 0 saturated heterocycles. The molecule has 0 spiro atoms. The molecule has 1 atom stereocenters. The van der Waals surface area contributed by atoms with Gasteiger partial charge in [-0.05, 0) is 42.0 Å². The monoisotopic (exact) mass is 440 g/mol. The molecule has 0 aromatic heterocycles. The highest BCUT2D eigenvalue weighted by Gasteiger charge is 2.21. The summed E-state index contributed by atoms with van der Waals surface area (Å²) >= 11 is 0. The zero-order chi connectivity index (χ0) is 22.3. The van der Waals surface area contributed by atoms with Gasteiger partial charge in [0, 0.05) is 6.42 Å². The number of para-hydroxylation sites is 3. The molecule has 0 aliphatic rings. The van der Waals surface area contributed by atoms with Crippen molar-refractivity contribution in [1.29, 1.82) is 0 Å². The second-order valence-electron chi connectivity index (χ2n) is 6.88. The Morgan fingerprint density at radius 3 is 2.19 bits per heavy atom. The van der Waals surface area contributed by atoms with Crippen molar-refractivity contribution in [1.82, 2.24) is 4.72 Å². The van der Waals surface area contributed by atoms with Gasteiger partial charge < -0.3 is 14.8 Å². The smallest absolute Gasteiger partial charge is 0.226 e. The Labute approximate surface area is 182 Å². The summed E-state index contributed by atoms with van der Waals surface area (Å²) in [6, 6.07) is 22.4. The van der Waals surface area contributed by atoms with Crippen molar-refractivity contribution in [2.24, 2.45) is 0 Å². The van der Waals surface area contributed by atoms with Crippen LogP contribution < -0.4 is 19.5 Å². The zero-order valence-corrected chi connectivity index (χ0v) is 18.1. The predicted molar refractivity (Wildman–Crippen MR) is 120 cm³/mol. The molecule has 3 aromatic rings. The molecule has 2 N–H and O–H groups in total.